The van der Waals surface area contributed by atoms with Gasteiger partial charge in [-0.2, -0.15) is 0 Å². The molecule has 0 aliphatic heterocycles. The summed E-state index contributed by atoms with van der Waals surface area (Å²) >= 11 is 0. The molecule has 0 bridgehead atoms. The average molecular weight is 248 g/mol. The van der Waals surface area contributed by atoms with Gasteiger partial charge in [-0.15, -0.1) is 0 Å². The Labute approximate surface area is 108 Å². The van der Waals surface area contributed by atoms with Crippen LogP contribution in [0.15, 0.2) is 18.2 Å². The number of ether oxygens (including phenoxy) is 1. The average Bonchev–Trinajstić information content (AvgIpc) is 2.68. The summed E-state index contributed by atoms with van der Waals surface area (Å²) in [7, 11) is 1.37. The molecule has 1 N–H and O–H groups in total. The molecule has 1 atom stereocenters. The zero-order valence-corrected chi connectivity index (χ0v) is 11.2. The predicted octanol–water partition coefficient (Wildman–Crippen LogP) is 3.47. The first-order valence-corrected chi connectivity index (χ1v) is 6.37. The van der Waals surface area contributed by atoms with Gasteiger partial charge >= 0.3 is 5.97 Å². The molecule has 0 spiro atoms. The highest BCUT2D eigenvalue weighted by atomic mass is 16.5. The molecule has 3 nitrogen and oxygen atoms in total. The van der Waals surface area contributed by atoms with Crippen LogP contribution in [0.4, 0.5) is 0 Å². The van der Waals surface area contributed by atoms with Crippen molar-refractivity contribution in [1.29, 1.82) is 0 Å². The third-order valence-corrected chi connectivity index (χ3v) is 4.08. The second-order valence-corrected chi connectivity index (χ2v) is 5.70. The normalized spacial score (nSPS) is 21.8. The number of hydrogen-bond acceptors (Lipinski definition) is 3. The van der Waals surface area contributed by atoms with Gasteiger partial charge in [-0.05, 0) is 47.9 Å². The van der Waals surface area contributed by atoms with Gasteiger partial charge < -0.3 is 9.84 Å². The number of benzene rings is 1. The molecule has 1 aromatic rings. The van der Waals surface area contributed by atoms with Gasteiger partial charge in [-0.3, -0.25) is 0 Å². The number of methoxy groups -OCH3 is 1. The minimum Gasteiger partial charge on any atom is -0.508 e. The van der Waals surface area contributed by atoms with Crippen molar-refractivity contribution in [3.63, 3.8) is 0 Å². The van der Waals surface area contributed by atoms with E-state index in [9.17, 15) is 9.90 Å². The Kier molecular flexibility index (Phi) is 3.33. The highest BCUT2D eigenvalue weighted by Gasteiger charge is 2.37. The Morgan fingerprint density at radius 1 is 1.44 bits per heavy atom. The van der Waals surface area contributed by atoms with E-state index in [2.05, 4.69) is 13.8 Å². The van der Waals surface area contributed by atoms with E-state index in [1.165, 1.54) is 13.5 Å². The number of carbonyl (C=O) groups is 1. The lowest BCUT2D eigenvalue weighted by atomic mass is 9.77. The topological polar surface area (TPSA) is 46.5 Å². The summed E-state index contributed by atoms with van der Waals surface area (Å²) in [5, 5.41) is 10.0. The lowest BCUT2D eigenvalue weighted by Gasteiger charge is -2.28. The predicted molar refractivity (Wildman–Crippen MR) is 69.8 cm³/mol. The van der Waals surface area contributed by atoms with Crippen molar-refractivity contribution in [2.24, 2.45) is 5.41 Å². The van der Waals surface area contributed by atoms with Crippen molar-refractivity contribution in [3.05, 3.63) is 29.3 Å². The molecule has 0 amide bonds. The maximum absolute atomic E-state index is 11.5. The number of hydrogen-bond donors (Lipinski definition) is 1. The van der Waals surface area contributed by atoms with E-state index in [4.69, 9.17) is 4.74 Å². The quantitative estimate of drug-likeness (QED) is 0.815. The Bertz CT molecular complexity index is 463. The third kappa shape index (κ3) is 2.22. The lowest BCUT2D eigenvalue weighted by Crippen LogP contribution is -2.16. The number of rotatable bonds is 2. The van der Waals surface area contributed by atoms with Gasteiger partial charge in [-0.1, -0.05) is 20.3 Å². The van der Waals surface area contributed by atoms with Gasteiger partial charge in [0.15, 0.2) is 0 Å². The number of phenolic OH excluding ortho intramolecular Hbond substituents is 1. The van der Waals surface area contributed by atoms with Crippen molar-refractivity contribution in [2.45, 2.75) is 39.0 Å². The summed E-state index contributed by atoms with van der Waals surface area (Å²) in [4.78, 5) is 11.5. The van der Waals surface area contributed by atoms with Crippen LogP contribution in [0.5, 0.6) is 5.75 Å². The zero-order valence-electron chi connectivity index (χ0n) is 11.2. The van der Waals surface area contributed by atoms with Crippen LogP contribution in [0, 0.1) is 5.41 Å². The smallest absolute Gasteiger partial charge is 0.337 e. The Morgan fingerprint density at radius 3 is 2.72 bits per heavy atom. The van der Waals surface area contributed by atoms with E-state index in [-0.39, 0.29) is 17.1 Å². The first-order valence-electron chi connectivity index (χ1n) is 6.37. The minimum atomic E-state index is -0.355. The fourth-order valence-electron chi connectivity index (χ4n) is 2.98. The van der Waals surface area contributed by atoms with Gasteiger partial charge in [0.1, 0.15) is 5.75 Å². The van der Waals surface area contributed by atoms with E-state index in [0.717, 1.165) is 18.4 Å². The summed E-state index contributed by atoms with van der Waals surface area (Å²) in [5.74, 6) is 0.233. The molecule has 0 saturated heterocycles. The number of aromatic hydroxyl groups is 1. The lowest BCUT2D eigenvalue weighted by molar-refractivity contribution is 0.0600. The van der Waals surface area contributed by atoms with Crippen molar-refractivity contribution in [3.8, 4) is 5.75 Å². The van der Waals surface area contributed by atoms with Gasteiger partial charge in [0.25, 0.3) is 0 Å². The summed E-state index contributed by atoms with van der Waals surface area (Å²) in [6.45, 7) is 4.43. The summed E-state index contributed by atoms with van der Waals surface area (Å²) in [6.07, 6.45) is 3.38. The second-order valence-electron chi connectivity index (χ2n) is 5.70. The van der Waals surface area contributed by atoms with Crippen LogP contribution in [-0.4, -0.2) is 18.2 Å². The van der Waals surface area contributed by atoms with E-state index in [0.29, 0.717) is 11.5 Å². The van der Waals surface area contributed by atoms with Gasteiger partial charge in [-0.25, -0.2) is 4.79 Å². The van der Waals surface area contributed by atoms with Crippen LogP contribution in [0.3, 0.4) is 0 Å². The fraction of sp³-hybridized carbons (Fsp3) is 0.533. The molecule has 0 radical (unpaired) electrons. The van der Waals surface area contributed by atoms with E-state index in [1.807, 2.05) is 0 Å². The molecule has 1 aliphatic rings. The van der Waals surface area contributed by atoms with Crippen LogP contribution in [-0.2, 0) is 4.74 Å². The second kappa shape index (κ2) is 4.63. The molecular formula is C15H20O3. The molecule has 0 heterocycles. The highest BCUT2D eigenvalue weighted by molar-refractivity contribution is 5.89. The van der Waals surface area contributed by atoms with Gasteiger partial charge in [0.2, 0.25) is 0 Å². The number of esters is 1. The molecular weight excluding hydrogens is 228 g/mol. The van der Waals surface area contributed by atoms with E-state index >= 15 is 0 Å². The van der Waals surface area contributed by atoms with Crippen LogP contribution >= 0.6 is 0 Å². The van der Waals surface area contributed by atoms with E-state index < -0.39 is 0 Å². The van der Waals surface area contributed by atoms with Crippen molar-refractivity contribution >= 4 is 5.97 Å². The van der Waals surface area contributed by atoms with Crippen LogP contribution in [0.1, 0.15) is 54.9 Å². The van der Waals surface area contributed by atoms with Crippen molar-refractivity contribution in [2.75, 3.05) is 7.11 Å². The summed E-state index contributed by atoms with van der Waals surface area (Å²) in [6, 6.07) is 4.97. The fourth-order valence-corrected chi connectivity index (χ4v) is 2.98. The SMILES string of the molecule is COC(=O)c1ccc(O)c(C2CCCC2(C)C)c1. The standard InChI is InChI=1S/C15H20O3/c1-15(2)8-4-5-12(15)11-9-10(14(17)18-3)6-7-13(11)16/h6-7,9,12,16H,4-5,8H2,1-3H3. The molecule has 1 saturated carbocycles. The molecule has 1 aromatic carbocycles. The maximum Gasteiger partial charge on any atom is 0.337 e. The van der Waals surface area contributed by atoms with E-state index in [1.54, 1.807) is 18.2 Å². The van der Waals surface area contributed by atoms with Crippen molar-refractivity contribution in [1.82, 2.24) is 0 Å². The van der Waals surface area contributed by atoms with Crippen LogP contribution in [0.25, 0.3) is 0 Å². The van der Waals surface area contributed by atoms with Crippen LogP contribution < -0.4 is 0 Å². The van der Waals surface area contributed by atoms with Crippen molar-refractivity contribution < 1.29 is 14.6 Å². The number of carbonyl (C=O) groups excluding carboxylic acids is 1. The first kappa shape index (κ1) is 12.9. The van der Waals surface area contributed by atoms with Gasteiger partial charge in [0, 0.05) is 0 Å². The third-order valence-electron chi connectivity index (χ3n) is 4.08. The monoisotopic (exact) mass is 248 g/mol. The molecule has 0 aromatic heterocycles. The Balaban J connectivity index is 2.41. The summed E-state index contributed by atoms with van der Waals surface area (Å²) < 4.78 is 4.73. The molecule has 18 heavy (non-hydrogen) atoms. The Hall–Kier alpha value is -1.51. The first-order chi connectivity index (χ1) is 8.45. The van der Waals surface area contributed by atoms with Gasteiger partial charge in [0.05, 0.1) is 12.7 Å². The molecule has 1 unspecified atom stereocenters. The molecule has 1 aliphatic carbocycles. The zero-order chi connectivity index (χ0) is 13.3. The maximum atomic E-state index is 11.5. The van der Waals surface area contributed by atoms with Crippen LogP contribution in [0.2, 0.25) is 0 Å². The summed E-state index contributed by atoms with van der Waals surface area (Å²) in [5.41, 5.74) is 1.56. The molecule has 98 valence electrons. The molecule has 2 rings (SSSR count). The molecule has 1 fully saturated rings. The number of phenols is 1. The minimum absolute atomic E-state index is 0.173. The highest BCUT2D eigenvalue weighted by Crippen LogP contribution is 2.50. The largest absolute Gasteiger partial charge is 0.508 e. The molecule has 3 heteroatoms. The Morgan fingerprint density at radius 2 is 2.17 bits per heavy atom.